The molecular formula is C26H26N4O8S3. The van der Waals surface area contributed by atoms with Gasteiger partial charge in [0.05, 0.1) is 33.9 Å². The van der Waals surface area contributed by atoms with Crippen molar-refractivity contribution < 1.29 is 32.5 Å². The van der Waals surface area contributed by atoms with E-state index < -0.39 is 44.0 Å². The number of hydrogen-bond donors (Lipinski definition) is 1. The largest absolute Gasteiger partial charge is 0.462 e. The highest BCUT2D eigenvalue weighted by Crippen LogP contribution is 2.40. The minimum Gasteiger partial charge on any atom is -0.462 e. The van der Waals surface area contributed by atoms with E-state index in [1.54, 1.807) is 6.92 Å². The molecule has 2 amide bonds. The second-order valence-electron chi connectivity index (χ2n) is 9.45. The first kappa shape index (κ1) is 30.1. The summed E-state index contributed by atoms with van der Waals surface area (Å²) in [4.78, 5) is 53.5. The molecule has 0 saturated carbocycles. The Morgan fingerprint density at radius 1 is 1.29 bits per heavy atom. The van der Waals surface area contributed by atoms with Crippen LogP contribution in [0, 0.1) is 28.4 Å². The Morgan fingerprint density at radius 3 is 2.73 bits per heavy atom. The highest BCUT2D eigenvalue weighted by molar-refractivity contribution is 7.92. The number of nitrogens with zero attached hydrogens (tertiary/aromatic N) is 3. The third kappa shape index (κ3) is 6.89. The molecule has 1 atom stereocenters. The van der Waals surface area contributed by atoms with Gasteiger partial charge in [-0.1, -0.05) is 24.2 Å². The van der Waals surface area contributed by atoms with Crippen LogP contribution in [0.1, 0.15) is 41.1 Å². The van der Waals surface area contributed by atoms with Gasteiger partial charge in [0.2, 0.25) is 5.91 Å². The van der Waals surface area contributed by atoms with Crippen LogP contribution in [0.2, 0.25) is 0 Å². The van der Waals surface area contributed by atoms with Gasteiger partial charge in [0.15, 0.2) is 14.6 Å². The van der Waals surface area contributed by atoms with E-state index in [2.05, 4.69) is 23.2 Å². The number of benzene rings is 1. The second-order valence-corrected chi connectivity index (χ2v) is 13.6. The van der Waals surface area contributed by atoms with Gasteiger partial charge in [-0.05, 0) is 43.7 Å². The predicted octanol–water partition coefficient (Wildman–Crippen LogP) is 3.09. The third-order valence-electron chi connectivity index (χ3n) is 6.29. The first-order valence-electron chi connectivity index (χ1n) is 12.5. The smallest absolute Gasteiger partial charge is 0.341 e. The zero-order valence-corrected chi connectivity index (χ0v) is 24.6. The van der Waals surface area contributed by atoms with Gasteiger partial charge < -0.3 is 14.6 Å². The van der Waals surface area contributed by atoms with Crippen molar-refractivity contribution in [3.05, 3.63) is 49.1 Å². The summed E-state index contributed by atoms with van der Waals surface area (Å²) in [6, 6.07) is 4.07. The van der Waals surface area contributed by atoms with Crippen LogP contribution in [-0.4, -0.2) is 53.8 Å². The van der Waals surface area contributed by atoms with Gasteiger partial charge in [-0.25, -0.2) is 13.2 Å². The summed E-state index contributed by atoms with van der Waals surface area (Å²) < 4.78 is 32.6. The van der Waals surface area contributed by atoms with Gasteiger partial charge in [0.25, 0.3) is 11.6 Å². The zero-order valence-electron chi connectivity index (χ0n) is 22.2. The molecule has 1 aromatic carbocycles. The summed E-state index contributed by atoms with van der Waals surface area (Å²) in [5.41, 5.74) is 1.40. The van der Waals surface area contributed by atoms with Crippen LogP contribution in [0.5, 0.6) is 0 Å². The molecule has 0 fully saturated rings. The van der Waals surface area contributed by atoms with E-state index in [9.17, 15) is 32.9 Å². The summed E-state index contributed by atoms with van der Waals surface area (Å²) in [7, 11) is -4.25. The van der Waals surface area contributed by atoms with Crippen LogP contribution in [-0.2, 0) is 43.5 Å². The normalized spacial score (nSPS) is 15.2. The first-order valence-corrected chi connectivity index (χ1v) is 16.0. The summed E-state index contributed by atoms with van der Waals surface area (Å²) in [6.45, 7) is 3.90. The number of nitro groups is 1. The lowest BCUT2D eigenvalue weighted by Gasteiger charge is -2.18. The van der Waals surface area contributed by atoms with Crippen molar-refractivity contribution in [2.75, 3.05) is 23.4 Å². The van der Waals surface area contributed by atoms with E-state index in [4.69, 9.17) is 11.2 Å². The highest BCUT2D eigenvalue weighted by Gasteiger charge is 2.30. The first-order chi connectivity index (χ1) is 19.4. The number of terminal acetylenes is 1. The number of esters is 1. The number of carbonyl (C=O) groups excluding carboxylic acids is 3. The lowest BCUT2D eigenvalue weighted by molar-refractivity contribution is -0.384. The standard InChI is InChI=1S/C26H26N4O8S3/c1-4-10-29-18-9-7-16(30(34)35)12-20(18)40-26(29)28-22(32)14-41(36,37)13-21(31)27-24-23(25(33)38-5-2)17-8-6-15(3)11-19(17)39-24/h1,7,9,12,15H,5-6,8,10-11,13-14H2,2-3H3,(H,27,31). The Morgan fingerprint density at radius 2 is 2.05 bits per heavy atom. The quantitative estimate of drug-likeness (QED) is 0.165. The maximum absolute atomic E-state index is 12.8. The van der Waals surface area contributed by atoms with Crippen molar-refractivity contribution in [1.82, 2.24) is 4.57 Å². The summed E-state index contributed by atoms with van der Waals surface area (Å²) in [6.07, 6.45) is 7.69. The van der Waals surface area contributed by atoms with E-state index in [0.29, 0.717) is 22.6 Å². The van der Waals surface area contributed by atoms with E-state index in [1.165, 1.54) is 34.1 Å². The maximum Gasteiger partial charge on any atom is 0.341 e. The van der Waals surface area contributed by atoms with Crippen molar-refractivity contribution in [2.24, 2.45) is 10.9 Å². The number of rotatable bonds is 9. The van der Waals surface area contributed by atoms with Crippen LogP contribution in [0.25, 0.3) is 10.2 Å². The molecule has 1 aliphatic carbocycles. The minimum atomic E-state index is -4.25. The Labute approximate surface area is 243 Å². The van der Waals surface area contributed by atoms with E-state index >= 15 is 0 Å². The topological polar surface area (TPSA) is 167 Å². The fourth-order valence-corrected chi connectivity index (χ4v) is 8.01. The molecular weight excluding hydrogens is 593 g/mol. The number of fused-ring (bicyclic) bond motifs is 2. The third-order valence-corrected chi connectivity index (χ3v) is 9.89. The van der Waals surface area contributed by atoms with Crippen LogP contribution in [0.3, 0.4) is 0 Å². The molecule has 0 bridgehead atoms. The number of amides is 2. The molecule has 2 heterocycles. The van der Waals surface area contributed by atoms with Gasteiger partial charge in [-0.2, -0.15) is 4.99 Å². The van der Waals surface area contributed by atoms with Crippen LogP contribution in [0.15, 0.2) is 23.2 Å². The van der Waals surface area contributed by atoms with Crippen LogP contribution < -0.4 is 10.1 Å². The lowest BCUT2D eigenvalue weighted by atomic mass is 9.88. The number of thiazole rings is 1. The Hall–Kier alpha value is -3.87. The predicted molar refractivity (Wildman–Crippen MR) is 155 cm³/mol. The van der Waals surface area contributed by atoms with Crippen LogP contribution in [0.4, 0.5) is 10.7 Å². The fraction of sp³-hybridized carbons (Fsp3) is 0.385. The molecule has 0 radical (unpaired) electrons. The number of ether oxygens (including phenoxy) is 1. The fourth-order valence-electron chi connectivity index (χ4n) is 4.50. The van der Waals surface area contributed by atoms with E-state index in [0.717, 1.165) is 34.6 Å². The number of sulfone groups is 1. The summed E-state index contributed by atoms with van der Waals surface area (Å²) in [5.74, 6) is -1.74. The summed E-state index contributed by atoms with van der Waals surface area (Å²) in [5, 5.41) is 13.9. The highest BCUT2D eigenvalue weighted by atomic mass is 32.2. The molecule has 0 spiro atoms. The van der Waals surface area contributed by atoms with Crippen molar-refractivity contribution in [3.63, 3.8) is 0 Å². The average molecular weight is 619 g/mol. The molecule has 3 aromatic rings. The monoisotopic (exact) mass is 618 g/mol. The van der Waals surface area contributed by atoms with Crippen molar-refractivity contribution >= 4 is 71.2 Å². The molecule has 1 aliphatic rings. The van der Waals surface area contributed by atoms with Gasteiger partial charge in [-0.15, -0.1) is 17.8 Å². The number of aromatic nitrogens is 1. The van der Waals surface area contributed by atoms with Crippen molar-refractivity contribution in [2.45, 2.75) is 39.7 Å². The molecule has 1 unspecified atom stereocenters. The number of carbonyl (C=O) groups is 3. The van der Waals surface area contributed by atoms with E-state index in [1.807, 2.05) is 0 Å². The molecule has 1 N–H and O–H groups in total. The number of non-ortho nitro benzene ring substituents is 1. The van der Waals surface area contributed by atoms with Gasteiger partial charge in [-0.3, -0.25) is 19.7 Å². The molecule has 4 rings (SSSR count). The molecule has 12 nitrogen and oxygen atoms in total. The number of thiophene rings is 1. The van der Waals surface area contributed by atoms with Gasteiger partial charge in [0, 0.05) is 17.0 Å². The number of nitrogens with one attached hydrogen (secondary N) is 1. The molecule has 2 aromatic heterocycles. The summed E-state index contributed by atoms with van der Waals surface area (Å²) >= 11 is 2.17. The molecule has 0 aliphatic heterocycles. The van der Waals surface area contributed by atoms with Gasteiger partial charge in [0.1, 0.15) is 16.5 Å². The lowest BCUT2D eigenvalue weighted by Crippen LogP contribution is -2.28. The SMILES string of the molecule is C#CCn1c(=NC(=O)CS(=O)(=O)CC(=O)Nc2sc3c(c2C(=O)OCC)CCC(C)C3)sc2cc([N+](=O)[O-])ccc21. The Balaban J connectivity index is 1.53. The molecule has 0 saturated heterocycles. The van der Waals surface area contributed by atoms with Crippen LogP contribution >= 0.6 is 22.7 Å². The Bertz CT molecular complexity index is 1780. The molecule has 216 valence electrons. The number of anilines is 1. The van der Waals surface area contributed by atoms with E-state index in [-0.39, 0.29) is 34.2 Å². The van der Waals surface area contributed by atoms with Gasteiger partial charge >= 0.3 is 5.97 Å². The zero-order chi connectivity index (χ0) is 29.9. The second kappa shape index (κ2) is 12.3. The number of hydrogen-bond acceptors (Lipinski definition) is 10. The van der Waals surface area contributed by atoms with Crippen molar-refractivity contribution in [3.8, 4) is 12.3 Å². The molecule has 15 heteroatoms. The maximum atomic E-state index is 12.8. The Kier molecular flexibility index (Phi) is 9.05. The average Bonchev–Trinajstić information content (AvgIpc) is 3.39. The molecule has 41 heavy (non-hydrogen) atoms. The number of nitro benzene ring substituents is 1. The minimum absolute atomic E-state index is 0.00848. The van der Waals surface area contributed by atoms with Crippen molar-refractivity contribution in [1.29, 1.82) is 0 Å².